The Hall–Kier alpha value is -0.820. The van der Waals surface area contributed by atoms with Gasteiger partial charge in [-0.2, -0.15) is 0 Å². The molecule has 0 unspecified atom stereocenters. The fourth-order valence-electron chi connectivity index (χ4n) is 2.04. The number of hydrogen-bond donors (Lipinski definition) is 1. The SMILES string of the molecule is N[C@@H]1CC[C@@H](c2ccccc2)C1. The molecule has 0 aromatic heterocycles. The Morgan fingerprint density at radius 3 is 2.42 bits per heavy atom. The zero-order chi connectivity index (χ0) is 8.39. The van der Waals surface area contributed by atoms with Crippen LogP contribution >= 0.6 is 0 Å². The van der Waals surface area contributed by atoms with Crippen LogP contribution < -0.4 is 5.73 Å². The highest BCUT2D eigenvalue weighted by molar-refractivity contribution is 5.20. The van der Waals surface area contributed by atoms with Crippen LogP contribution in [0.25, 0.3) is 0 Å². The number of hydrogen-bond acceptors (Lipinski definition) is 1. The van der Waals surface area contributed by atoms with E-state index in [4.69, 9.17) is 5.73 Å². The van der Waals surface area contributed by atoms with Crippen molar-refractivity contribution < 1.29 is 0 Å². The summed E-state index contributed by atoms with van der Waals surface area (Å²) in [5.74, 6) is 0.723. The first-order chi connectivity index (χ1) is 5.86. The number of benzene rings is 1. The number of rotatable bonds is 1. The van der Waals surface area contributed by atoms with Crippen molar-refractivity contribution in [2.24, 2.45) is 5.73 Å². The second-order valence-electron chi connectivity index (χ2n) is 3.68. The Labute approximate surface area is 73.6 Å². The maximum Gasteiger partial charge on any atom is 0.00448 e. The Balaban J connectivity index is 2.11. The highest BCUT2D eigenvalue weighted by Crippen LogP contribution is 2.32. The predicted octanol–water partition coefficient (Wildman–Crippen LogP) is 2.28. The van der Waals surface area contributed by atoms with Gasteiger partial charge in [-0.05, 0) is 30.7 Å². The molecule has 0 heterocycles. The third kappa shape index (κ3) is 1.51. The molecule has 1 saturated carbocycles. The summed E-state index contributed by atoms with van der Waals surface area (Å²) in [4.78, 5) is 0. The third-order valence-corrected chi connectivity index (χ3v) is 2.74. The summed E-state index contributed by atoms with van der Waals surface area (Å²) >= 11 is 0. The van der Waals surface area contributed by atoms with E-state index in [9.17, 15) is 0 Å². The van der Waals surface area contributed by atoms with Gasteiger partial charge in [-0.1, -0.05) is 30.3 Å². The van der Waals surface area contributed by atoms with Crippen LogP contribution in [-0.4, -0.2) is 6.04 Å². The Bertz CT molecular complexity index is 242. The molecular weight excluding hydrogens is 146 g/mol. The molecule has 1 heteroatoms. The largest absolute Gasteiger partial charge is 0.328 e. The van der Waals surface area contributed by atoms with Gasteiger partial charge >= 0.3 is 0 Å². The smallest absolute Gasteiger partial charge is 0.00448 e. The summed E-state index contributed by atoms with van der Waals surface area (Å²) in [5.41, 5.74) is 7.33. The normalized spacial score (nSPS) is 29.1. The van der Waals surface area contributed by atoms with Crippen molar-refractivity contribution >= 4 is 0 Å². The Morgan fingerprint density at radius 2 is 1.83 bits per heavy atom. The van der Waals surface area contributed by atoms with Crippen molar-refractivity contribution in [1.29, 1.82) is 0 Å². The van der Waals surface area contributed by atoms with Gasteiger partial charge in [-0.15, -0.1) is 0 Å². The third-order valence-electron chi connectivity index (χ3n) is 2.74. The van der Waals surface area contributed by atoms with E-state index in [0.29, 0.717) is 6.04 Å². The molecule has 2 N–H and O–H groups in total. The lowest BCUT2D eigenvalue weighted by atomic mass is 9.98. The van der Waals surface area contributed by atoms with Crippen molar-refractivity contribution in [3.8, 4) is 0 Å². The molecule has 1 aromatic carbocycles. The molecule has 1 nitrogen and oxygen atoms in total. The Kier molecular flexibility index (Phi) is 2.13. The minimum Gasteiger partial charge on any atom is -0.328 e. The first-order valence-corrected chi connectivity index (χ1v) is 4.67. The van der Waals surface area contributed by atoms with Gasteiger partial charge in [0.2, 0.25) is 0 Å². The molecule has 1 aromatic rings. The fourth-order valence-corrected chi connectivity index (χ4v) is 2.04. The molecule has 1 aliphatic rings. The average molecular weight is 161 g/mol. The van der Waals surface area contributed by atoms with E-state index in [2.05, 4.69) is 30.3 Å². The Morgan fingerprint density at radius 1 is 1.08 bits per heavy atom. The van der Waals surface area contributed by atoms with Crippen molar-refractivity contribution in [2.75, 3.05) is 0 Å². The average Bonchev–Trinajstić information content (AvgIpc) is 2.54. The minimum atomic E-state index is 0.440. The van der Waals surface area contributed by atoms with Gasteiger partial charge in [0.1, 0.15) is 0 Å². The van der Waals surface area contributed by atoms with E-state index in [1.165, 1.54) is 24.8 Å². The highest BCUT2D eigenvalue weighted by atomic mass is 14.6. The van der Waals surface area contributed by atoms with E-state index in [1.807, 2.05) is 0 Å². The molecule has 12 heavy (non-hydrogen) atoms. The lowest BCUT2D eigenvalue weighted by molar-refractivity contribution is 0.675. The zero-order valence-electron chi connectivity index (χ0n) is 7.24. The van der Waals surface area contributed by atoms with E-state index in [1.54, 1.807) is 0 Å². The van der Waals surface area contributed by atoms with Crippen molar-refractivity contribution in [2.45, 2.75) is 31.2 Å². The van der Waals surface area contributed by atoms with Crippen LogP contribution in [0.1, 0.15) is 30.7 Å². The molecular formula is C11H15N. The monoisotopic (exact) mass is 161 g/mol. The molecule has 0 aliphatic heterocycles. The molecule has 64 valence electrons. The lowest BCUT2D eigenvalue weighted by Gasteiger charge is -2.08. The van der Waals surface area contributed by atoms with Crippen LogP contribution in [0.4, 0.5) is 0 Å². The summed E-state index contributed by atoms with van der Waals surface area (Å²) in [6, 6.07) is 11.2. The van der Waals surface area contributed by atoms with Gasteiger partial charge < -0.3 is 5.73 Å². The van der Waals surface area contributed by atoms with E-state index >= 15 is 0 Å². The topological polar surface area (TPSA) is 26.0 Å². The van der Waals surface area contributed by atoms with Crippen molar-refractivity contribution in [1.82, 2.24) is 0 Å². The molecule has 1 aliphatic carbocycles. The predicted molar refractivity (Wildman–Crippen MR) is 51.0 cm³/mol. The minimum absolute atomic E-state index is 0.440. The zero-order valence-corrected chi connectivity index (χ0v) is 7.24. The molecule has 0 bridgehead atoms. The van der Waals surface area contributed by atoms with E-state index < -0.39 is 0 Å². The molecule has 0 saturated heterocycles. The van der Waals surface area contributed by atoms with Gasteiger partial charge in [0.05, 0.1) is 0 Å². The van der Waals surface area contributed by atoms with Crippen molar-refractivity contribution in [3.63, 3.8) is 0 Å². The molecule has 0 radical (unpaired) electrons. The van der Waals surface area contributed by atoms with Gasteiger partial charge in [-0.25, -0.2) is 0 Å². The summed E-state index contributed by atoms with van der Waals surface area (Å²) in [5, 5.41) is 0. The highest BCUT2D eigenvalue weighted by Gasteiger charge is 2.22. The standard InChI is InChI=1S/C11H15N/c12-11-7-6-10(8-11)9-4-2-1-3-5-9/h1-5,10-11H,6-8,12H2/t10-,11-/m1/s1. The maximum absolute atomic E-state index is 5.86. The van der Waals surface area contributed by atoms with Crippen LogP contribution in [0, 0.1) is 0 Å². The molecule has 1 fully saturated rings. The molecule has 2 rings (SSSR count). The quantitative estimate of drug-likeness (QED) is 0.672. The summed E-state index contributed by atoms with van der Waals surface area (Å²) < 4.78 is 0. The molecule has 0 amide bonds. The second kappa shape index (κ2) is 3.28. The van der Waals surface area contributed by atoms with Crippen LogP contribution in [-0.2, 0) is 0 Å². The summed E-state index contributed by atoms with van der Waals surface area (Å²) in [6.45, 7) is 0. The first kappa shape index (κ1) is 7.81. The van der Waals surface area contributed by atoms with Crippen LogP contribution in [0.2, 0.25) is 0 Å². The maximum atomic E-state index is 5.86. The van der Waals surface area contributed by atoms with Gasteiger partial charge in [0.25, 0.3) is 0 Å². The fraction of sp³-hybridized carbons (Fsp3) is 0.455. The summed E-state index contributed by atoms with van der Waals surface area (Å²) in [7, 11) is 0. The van der Waals surface area contributed by atoms with E-state index in [-0.39, 0.29) is 0 Å². The second-order valence-corrected chi connectivity index (χ2v) is 3.68. The number of nitrogens with two attached hydrogens (primary N) is 1. The lowest BCUT2D eigenvalue weighted by Crippen LogP contribution is -2.14. The van der Waals surface area contributed by atoms with Crippen molar-refractivity contribution in [3.05, 3.63) is 35.9 Å². The van der Waals surface area contributed by atoms with Gasteiger partial charge in [0, 0.05) is 6.04 Å². The van der Waals surface area contributed by atoms with Crippen LogP contribution in [0.3, 0.4) is 0 Å². The van der Waals surface area contributed by atoms with Gasteiger partial charge in [0.15, 0.2) is 0 Å². The van der Waals surface area contributed by atoms with Gasteiger partial charge in [-0.3, -0.25) is 0 Å². The van der Waals surface area contributed by atoms with Crippen LogP contribution in [0.15, 0.2) is 30.3 Å². The molecule has 0 spiro atoms. The van der Waals surface area contributed by atoms with E-state index in [0.717, 1.165) is 5.92 Å². The van der Waals surface area contributed by atoms with Crippen LogP contribution in [0.5, 0.6) is 0 Å². The first-order valence-electron chi connectivity index (χ1n) is 4.67. The summed E-state index contributed by atoms with van der Waals surface area (Å²) in [6.07, 6.45) is 3.63. The molecule has 2 atom stereocenters.